The van der Waals surface area contributed by atoms with Crippen LogP contribution in [0.2, 0.25) is 0 Å². The van der Waals surface area contributed by atoms with Crippen molar-refractivity contribution < 1.29 is 23.0 Å². The molecule has 0 N–H and O–H groups in total. The first-order valence-corrected chi connectivity index (χ1v) is 22.6. The molecule has 0 fully saturated rings. The highest BCUT2D eigenvalue weighted by Crippen LogP contribution is 2.47. The van der Waals surface area contributed by atoms with Gasteiger partial charge in [-0.15, -0.1) is 0 Å². The lowest BCUT2D eigenvalue weighted by molar-refractivity contribution is -0.571. The number of hydrogen-bond acceptors (Lipinski definition) is 3. The number of hydrogen-bond donors (Lipinski definition) is 0. The molecule has 9 aromatic carbocycles. The first kappa shape index (κ1) is 32.8. The van der Waals surface area contributed by atoms with E-state index >= 15 is 0 Å². The molecule has 5 nitrogen and oxygen atoms in total. The number of para-hydroxylation sites is 4. The molecule has 2 aromatic heterocycles. The van der Waals surface area contributed by atoms with Gasteiger partial charge in [0.25, 0.3) is 6.33 Å². The molecule has 0 bridgehead atoms. The average Bonchev–Trinajstić information content (AvgIpc) is 4.05. The summed E-state index contributed by atoms with van der Waals surface area (Å²) in [6.45, 7) is 6.56. The van der Waals surface area contributed by atoms with Gasteiger partial charge in [0.05, 0.1) is 47.5 Å². The van der Waals surface area contributed by atoms with Crippen molar-refractivity contribution in [2.24, 2.45) is 0 Å². The molecule has 0 amide bonds. The quantitative estimate of drug-likeness (QED) is 0.0958. The zero-order valence-electron chi connectivity index (χ0n) is 48.1. The fourth-order valence-corrected chi connectivity index (χ4v) is 8.75. The Hall–Kier alpha value is -8.80. The molecule has 332 valence electrons. The van der Waals surface area contributed by atoms with Gasteiger partial charge in [0.15, 0.2) is 0 Å². The maximum atomic E-state index is 9.08. The molecule has 0 aliphatic heterocycles. The standard InChI is InChI=1S/C64H50N4O/c1-64(2,3)50-40-41-65-61(42-50)68(63-57(48-26-12-6-13-27-48)36-21-37-58(63)49-28-14-7-15-29-49)52-31-19-33-54(44-52)69-53-32-18-30-51(43-53)66-45-67(60-39-17-16-38-59(60)66)62-55(46-22-8-4-9-23-46)34-20-35-56(62)47-24-10-5-11-25-47/h4-44H,1-3H3/i4D,5D,8D,9D,10D,11D,22D,23D,24D,25D. The third-order valence-electron chi connectivity index (χ3n) is 12.0. The molecular formula is C64H50N4O. The number of fused-ring (bicyclic) bond motifs is 1. The molecule has 5 heteroatoms. The lowest BCUT2D eigenvalue weighted by Gasteiger charge is -2.31. The molecular weight excluding hydrogens is 841 g/mol. The molecule has 69 heavy (non-hydrogen) atoms. The summed E-state index contributed by atoms with van der Waals surface area (Å²) in [4.78, 5) is 7.26. The Balaban J connectivity index is 1.07. The summed E-state index contributed by atoms with van der Waals surface area (Å²) in [7, 11) is 0. The minimum Gasteiger partial charge on any atom is -0.458 e. The van der Waals surface area contributed by atoms with Gasteiger partial charge in [-0.1, -0.05) is 215 Å². The second kappa shape index (κ2) is 18.5. The van der Waals surface area contributed by atoms with Crippen molar-refractivity contribution in [3.8, 4) is 67.4 Å². The van der Waals surface area contributed by atoms with Gasteiger partial charge in [-0.25, -0.2) is 4.98 Å². The van der Waals surface area contributed by atoms with Crippen LogP contribution in [0.1, 0.15) is 40.0 Å². The zero-order valence-corrected chi connectivity index (χ0v) is 38.1. The molecule has 0 saturated carbocycles. The summed E-state index contributed by atoms with van der Waals surface area (Å²) >= 11 is 0. The minimum atomic E-state index is -0.572. The van der Waals surface area contributed by atoms with Gasteiger partial charge in [-0.2, -0.15) is 0 Å². The molecule has 2 heterocycles. The zero-order chi connectivity index (χ0) is 55.4. The summed E-state index contributed by atoms with van der Waals surface area (Å²) in [5.41, 5.74) is 8.76. The summed E-state index contributed by atoms with van der Waals surface area (Å²) < 4.78 is 97.8. The first-order valence-electron chi connectivity index (χ1n) is 27.6. The van der Waals surface area contributed by atoms with Crippen molar-refractivity contribution in [2.75, 3.05) is 4.90 Å². The molecule has 11 rings (SSSR count). The van der Waals surface area contributed by atoms with Gasteiger partial charge in [-0.05, 0) is 86.8 Å². The van der Waals surface area contributed by atoms with Gasteiger partial charge in [0, 0.05) is 23.4 Å². The molecule has 0 unspecified atom stereocenters. The van der Waals surface area contributed by atoms with E-state index in [4.69, 9.17) is 23.4 Å². The molecule has 0 atom stereocenters. The lowest BCUT2D eigenvalue weighted by Crippen LogP contribution is -2.31. The summed E-state index contributed by atoms with van der Waals surface area (Å²) in [6.07, 6.45) is 5.32. The van der Waals surface area contributed by atoms with Crippen LogP contribution in [-0.2, 0) is 5.41 Å². The van der Waals surface area contributed by atoms with E-state index in [1.54, 1.807) is 27.3 Å². The summed E-state index contributed by atoms with van der Waals surface area (Å²) in [5, 5.41) is 0. The van der Waals surface area contributed by atoms with Crippen LogP contribution in [0.3, 0.4) is 0 Å². The van der Waals surface area contributed by atoms with Crippen LogP contribution in [-0.4, -0.2) is 9.55 Å². The summed E-state index contributed by atoms with van der Waals surface area (Å²) in [5.74, 6) is 1.75. The highest BCUT2D eigenvalue weighted by atomic mass is 16.5. The Bertz CT molecular complexity index is 3980. The van der Waals surface area contributed by atoms with E-state index in [1.165, 1.54) is 0 Å². The Kier molecular flexibility index (Phi) is 8.78. The van der Waals surface area contributed by atoms with Gasteiger partial charge < -0.3 is 4.74 Å². The maximum Gasteiger partial charge on any atom is 0.269 e. The van der Waals surface area contributed by atoms with Gasteiger partial charge in [0.2, 0.25) is 0 Å². The normalized spacial score (nSPS) is 13.4. The molecule has 0 aliphatic carbocycles. The predicted octanol–water partition coefficient (Wildman–Crippen LogP) is 16.3. The van der Waals surface area contributed by atoms with Gasteiger partial charge >= 0.3 is 0 Å². The SMILES string of the molecule is [2H]c1c([2H])c([2H])c(-c2cccc(-c3c([2H])c([2H])c([2H])c([2H])c3[2H])c2-[n+]2[c-]n(-c3cccc(Oc4cccc(N(c5cc(C(C)(C)C)ccn5)c5c(-c6ccccc6)cccc5-c5ccccc5)c4)c3)c3ccccc32)c([2H])c1[2H]. The molecule has 0 aliphatic rings. The van der Waals surface area contributed by atoms with Gasteiger partial charge in [-0.3, -0.25) is 14.0 Å². The van der Waals surface area contributed by atoms with Crippen molar-refractivity contribution in [2.45, 2.75) is 26.2 Å². The van der Waals surface area contributed by atoms with E-state index in [1.807, 2.05) is 115 Å². The van der Waals surface area contributed by atoms with Crippen LogP contribution in [0.25, 0.3) is 66.9 Å². The predicted molar refractivity (Wildman–Crippen MR) is 283 cm³/mol. The fraction of sp³-hybridized carbons (Fsp3) is 0.0625. The first-order chi connectivity index (χ1) is 38.0. The molecule has 11 aromatic rings. The molecule has 0 saturated heterocycles. The van der Waals surface area contributed by atoms with Crippen molar-refractivity contribution >= 4 is 28.2 Å². The Labute approximate surface area is 418 Å². The maximum absolute atomic E-state index is 9.08. The number of imidazole rings is 1. The lowest BCUT2D eigenvalue weighted by atomic mass is 9.87. The average molecular weight is 901 g/mol. The summed E-state index contributed by atoms with van der Waals surface area (Å²) in [6, 6.07) is 53.5. The van der Waals surface area contributed by atoms with Crippen LogP contribution in [0, 0.1) is 6.33 Å². The third kappa shape index (κ3) is 8.59. The Morgan fingerprint density at radius 3 is 1.71 bits per heavy atom. The highest BCUT2D eigenvalue weighted by Gasteiger charge is 2.25. The number of anilines is 3. The smallest absolute Gasteiger partial charge is 0.269 e. The van der Waals surface area contributed by atoms with Crippen molar-refractivity contribution in [3.05, 3.63) is 261 Å². The van der Waals surface area contributed by atoms with Crippen LogP contribution in [0.5, 0.6) is 11.5 Å². The van der Waals surface area contributed by atoms with E-state index in [0.29, 0.717) is 28.2 Å². The number of benzene rings is 9. The van der Waals surface area contributed by atoms with E-state index in [9.17, 15) is 0 Å². The monoisotopic (exact) mass is 900 g/mol. The van der Waals surface area contributed by atoms with E-state index < -0.39 is 60.4 Å². The van der Waals surface area contributed by atoms with Crippen molar-refractivity contribution in [1.29, 1.82) is 0 Å². The Morgan fingerprint density at radius 2 is 1.09 bits per heavy atom. The van der Waals surface area contributed by atoms with Gasteiger partial charge in [0.1, 0.15) is 17.3 Å². The van der Waals surface area contributed by atoms with E-state index in [-0.39, 0.29) is 33.4 Å². The number of rotatable bonds is 11. The number of ether oxygens (including phenoxy) is 1. The van der Waals surface area contributed by atoms with Crippen LogP contribution in [0.15, 0.2) is 249 Å². The second-order valence-electron chi connectivity index (χ2n) is 17.5. The number of aromatic nitrogens is 3. The van der Waals surface area contributed by atoms with Crippen LogP contribution < -0.4 is 14.2 Å². The van der Waals surface area contributed by atoms with Crippen molar-refractivity contribution in [3.63, 3.8) is 0 Å². The van der Waals surface area contributed by atoms with E-state index in [0.717, 1.165) is 45.0 Å². The topological polar surface area (TPSA) is 34.2 Å². The third-order valence-corrected chi connectivity index (χ3v) is 12.0. The largest absolute Gasteiger partial charge is 0.458 e. The Morgan fingerprint density at radius 1 is 0.536 bits per heavy atom. The minimum absolute atomic E-state index is 0.137. The number of nitrogens with zero attached hydrogens (tertiary/aromatic N) is 4. The molecule has 0 radical (unpaired) electrons. The molecule has 0 spiro atoms. The number of pyridine rings is 1. The van der Waals surface area contributed by atoms with Crippen LogP contribution in [0.4, 0.5) is 17.2 Å². The van der Waals surface area contributed by atoms with Crippen LogP contribution >= 0.6 is 0 Å². The fourth-order valence-electron chi connectivity index (χ4n) is 8.75. The van der Waals surface area contributed by atoms with Crippen molar-refractivity contribution in [1.82, 2.24) is 9.55 Å². The second-order valence-corrected chi connectivity index (χ2v) is 17.5. The highest BCUT2D eigenvalue weighted by molar-refractivity contribution is 5.97. The van der Waals surface area contributed by atoms with E-state index in [2.05, 4.69) is 86.6 Å².